The predicted molar refractivity (Wildman–Crippen MR) is 96.1 cm³/mol. The zero-order chi connectivity index (χ0) is 20.8. The Kier molecular flexibility index (Phi) is 6.06. The van der Waals surface area contributed by atoms with Crippen LogP contribution in [0.3, 0.4) is 0 Å². The van der Waals surface area contributed by atoms with Crippen LogP contribution in [0.5, 0.6) is 5.75 Å². The normalized spacial score (nSPS) is 10.0. The van der Waals surface area contributed by atoms with Gasteiger partial charge in [0.25, 0.3) is 17.3 Å². The molecule has 2 aromatic rings. The zero-order valence-corrected chi connectivity index (χ0v) is 14.4. The fourth-order valence-corrected chi connectivity index (χ4v) is 2.12. The number of benzene rings is 2. The molecule has 0 atom stereocenters. The molecule has 0 radical (unpaired) electrons. The number of nitrogen functional groups attached to an aromatic ring is 1. The molecular formula is C16H14N4O8. The molecule has 0 aromatic heterocycles. The third kappa shape index (κ3) is 4.69. The highest BCUT2D eigenvalue weighted by atomic mass is 16.6. The first kappa shape index (κ1) is 20.1. The summed E-state index contributed by atoms with van der Waals surface area (Å²) < 4.78 is 9.66. The van der Waals surface area contributed by atoms with Crippen LogP contribution in [-0.4, -0.2) is 35.4 Å². The van der Waals surface area contributed by atoms with E-state index in [-0.39, 0.29) is 28.4 Å². The van der Waals surface area contributed by atoms with Gasteiger partial charge in [0.05, 0.1) is 28.6 Å². The number of rotatable bonds is 7. The number of methoxy groups -OCH3 is 1. The number of nitrogens with zero attached hydrogens (tertiary/aromatic N) is 2. The third-order valence-electron chi connectivity index (χ3n) is 3.48. The second-order valence-corrected chi connectivity index (χ2v) is 5.29. The quantitative estimate of drug-likeness (QED) is 0.309. The highest BCUT2D eigenvalue weighted by molar-refractivity contribution is 5.99. The number of esters is 1. The SMILES string of the molecule is COc1ccc(NC(=O)COC(=O)c2cc([N+](=O)[O-])ccc2N)c([N+](=O)[O-])c1. The van der Waals surface area contributed by atoms with Crippen molar-refractivity contribution in [1.82, 2.24) is 0 Å². The lowest BCUT2D eigenvalue weighted by molar-refractivity contribution is -0.384. The topological polar surface area (TPSA) is 177 Å². The van der Waals surface area contributed by atoms with Crippen LogP contribution < -0.4 is 15.8 Å². The molecule has 1 amide bonds. The van der Waals surface area contributed by atoms with Gasteiger partial charge in [0.2, 0.25) is 0 Å². The molecule has 3 N–H and O–H groups in total. The Labute approximate surface area is 157 Å². The molecule has 0 aliphatic carbocycles. The highest BCUT2D eigenvalue weighted by Crippen LogP contribution is 2.29. The number of nitro groups is 2. The molecule has 0 aliphatic heterocycles. The number of carbonyl (C=O) groups is 2. The number of amides is 1. The van der Waals surface area contributed by atoms with Gasteiger partial charge in [-0.3, -0.25) is 25.0 Å². The molecule has 0 unspecified atom stereocenters. The van der Waals surface area contributed by atoms with Crippen LogP contribution in [0.1, 0.15) is 10.4 Å². The lowest BCUT2D eigenvalue weighted by Gasteiger charge is -2.09. The van der Waals surface area contributed by atoms with Gasteiger partial charge in [-0.15, -0.1) is 0 Å². The van der Waals surface area contributed by atoms with Crippen molar-refractivity contribution < 1.29 is 28.9 Å². The maximum atomic E-state index is 12.0. The van der Waals surface area contributed by atoms with Crippen molar-refractivity contribution in [3.63, 3.8) is 0 Å². The number of nitro benzene ring substituents is 2. The number of ether oxygens (including phenoxy) is 2. The van der Waals surface area contributed by atoms with Crippen molar-refractivity contribution in [3.05, 3.63) is 62.2 Å². The molecule has 12 heteroatoms. The van der Waals surface area contributed by atoms with Gasteiger partial charge in [0.1, 0.15) is 11.4 Å². The average Bonchev–Trinajstić information content (AvgIpc) is 2.66. The smallest absolute Gasteiger partial charge is 0.341 e. The number of anilines is 2. The second-order valence-electron chi connectivity index (χ2n) is 5.29. The minimum atomic E-state index is -1.06. The Hall–Kier alpha value is -4.22. The fraction of sp³-hybridized carbons (Fsp3) is 0.125. The molecule has 0 bridgehead atoms. The Morgan fingerprint density at radius 2 is 1.82 bits per heavy atom. The molecule has 0 saturated heterocycles. The van der Waals surface area contributed by atoms with E-state index in [1.54, 1.807) is 0 Å². The van der Waals surface area contributed by atoms with Gasteiger partial charge in [0, 0.05) is 17.8 Å². The van der Waals surface area contributed by atoms with Gasteiger partial charge in [-0.2, -0.15) is 0 Å². The van der Waals surface area contributed by atoms with Crippen LogP contribution in [0.4, 0.5) is 22.7 Å². The zero-order valence-electron chi connectivity index (χ0n) is 14.4. The Morgan fingerprint density at radius 1 is 1.11 bits per heavy atom. The van der Waals surface area contributed by atoms with E-state index in [1.165, 1.54) is 19.2 Å². The van der Waals surface area contributed by atoms with Gasteiger partial charge in [-0.1, -0.05) is 0 Å². The van der Waals surface area contributed by atoms with Crippen LogP contribution in [0, 0.1) is 20.2 Å². The van der Waals surface area contributed by atoms with E-state index in [0.29, 0.717) is 0 Å². The van der Waals surface area contributed by atoms with Gasteiger partial charge >= 0.3 is 5.97 Å². The highest BCUT2D eigenvalue weighted by Gasteiger charge is 2.20. The molecule has 2 aromatic carbocycles. The van der Waals surface area contributed by atoms with Crippen molar-refractivity contribution in [1.29, 1.82) is 0 Å². The third-order valence-corrected chi connectivity index (χ3v) is 3.48. The van der Waals surface area contributed by atoms with E-state index in [1.807, 2.05) is 0 Å². The van der Waals surface area contributed by atoms with Gasteiger partial charge < -0.3 is 20.5 Å². The van der Waals surface area contributed by atoms with Crippen molar-refractivity contribution in [2.75, 3.05) is 24.8 Å². The Morgan fingerprint density at radius 3 is 2.43 bits per heavy atom. The monoisotopic (exact) mass is 390 g/mol. The summed E-state index contributed by atoms with van der Waals surface area (Å²) in [6.07, 6.45) is 0. The van der Waals surface area contributed by atoms with Gasteiger partial charge in [-0.05, 0) is 18.2 Å². The van der Waals surface area contributed by atoms with Gasteiger partial charge in [0.15, 0.2) is 6.61 Å². The van der Waals surface area contributed by atoms with Crippen molar-refractivity contribution in [2.45, 2.75) is 0 Å². The van der Waals surface area contributed by atoms with E-state index < -0.39 is 34.0 Å². The number of nitrogens with two attached hydrogens (primary N) is 1. The number of hydrogen-bond acceptors (Lipinski definition) is 9. The van der Waals surface area contributed by atoms with E-state index in [0.717, 1.165) is 24.3 Å². The molecule has 2 rings (SSSR count). The maximum absolute atomic E-state index is 12.0. The summed E-state index contributed by atoms with van der Waals surface area (Å²) in [7, 11) is 1.33. The first-order valence-corrected chi connectivity index (χ1v) is 7.56. The van der Waals surface area contributed by atoms with Crippen LogP contribution >= 0.6 is 0 Å². The summed E-state index contributed by atoms with van der Waals surface area (Å²) in [5.41, 5.74) is 4.33. The van der Waals surface area contributed by atoms with E-state index in [9.17, 15) is 29.8 Å². The predicted octanol–water partition coefficient (Wildman–Crippen LogP) is 1.89. The minimum Gasteiger partial charge on any atom is -0.496 e. The summed E-state index contributed by atoms with van der Waals surface area (Å²) in [5.74, 6) is -1.69. The second kappa shape index (κ2) is 8.44. The molecule has 12 nitrogen and oxygen atoms in total. The molecule has 0 saturated carbocycles. The Bertz CT molecular complexity index is 960. The molecule has 0 heterocycles. The lowest BCUT2D eigenvalue weighted by Crippen LogP contribution is -2.22. The van der Waals surface area contributed by atoms with Crippen molar-refractivity contribution in [3.8, 4) is 5.75 Å². The van der Waals surface area contributed by atoms with Crippen LogP contribution in [0.15, 0.2) is 36.4 Å². The molecule has 0 aliphatic rings. The summed E-state index contributed by atoms with van der Waals surface area (Å²) >= 11 is 0. The van der Waals surface area contributed by atoms with E-state index >= 15 is 0 Å². The summed E-state index contributed by atoms with van der Waals surface area (Å²) in [6.45, 7) is -0.788. The van der Waals surface area contributed by atoms with Crippen molar-refractivity contribution in [2.24, 2.45) is 0 Å². The largest absolute Gasteiger partial charge is 0.496 e. The molecule has 28 heavy (non-hydrogen) atoms. The minimum absolute atomic E-state index is 0.0678. The van der Waals surface area contributed by atoms with E-state index in [4.69, 9.17) is 15.2 Å². The van der Waals surface area contributed by atoms with Gasteiger partial charge in [-0.25, -0.2) is 4.79 Å². The number of non-ortho nitro benzene ring substituents is 1. The number of carbonyl (C=O) groups excluding carboxylic acids is 2. The molecule has 146 valence electrons. The standard InChI is InChI=1S/C16H14N4O8/c1-27-10-3-5-13(14(7-10)20(25)26)18-15(21)8-28-16(22)11-6-9(19(23)24)2-4-12(11)17/h2-7H,8,17H2,1H3,(H,18,21). The number of nitrogens with one attached hydrogen (secondary N) is 1. The van der Waals surface area contributed by atoms with Crippen LogP contribution in [-0.2, 0) is 9.53 Å². The van der Waals surface area contributed by atoms with E-state index in [2.05, 4.69) is 5.32 Å². The molecule has 0 fully saturated rings. The van der Waals surface area contributed by atoms with Crippen LogP contribution in [0.25, 0.3) is 0 Å². The maximum Gasteiger partial charge on any atom is 0.341 e. The fourth-order valence-electron chi connectivity index (χ4n) is 2.12. The summed E-state index contributed by atoms with van der Waals surface area (Å²) in [4.78, 5) is 44.4. The summed E-state index contributed by atoms with van der Waals surface area (Å²) in [5, 5.41) is 24.1. The average molecular weight is 390 g/mol. The number of hydrogen-bond donors (Lipinski definition) is 2. The summed E-state index contributed by atoms with van der Waals surface area (Å²) in [6, 6.07) is 6.97. The molecule has 0 spiro atoms. The first-order chi connectivity index (χ1) is 13.2. The first-order valence-electron chi connectivity index (χ1n) is 7.56. The molecular weight excluding hydrogens is 376 g/mol. The Balaban J connectivity index is 2.07. The lowest BCUT2D eigenvalue weighted by atomic mass is 10.1. The van der Waals surface area contributed by atoms with Crippen molar-refractivity contribution >= 4 is 34.6 Å². The van der Waals surface area contributed by atoms with Crippen LogP contribution in [0.2, 0.25) is 0 Å².